The molecule has 3 N–H and O–H groups in total. The zero-order valence-electron chi connectivity index (χ0n) is 19.9. The normalized spacial score (nSPS) is 10.9. The number of amides is 2. The van der Waals surface area contributed by atoms with E-state index in [2.05, 4.69) is 10.6 Å². The van der Waals surface area contributed by atoms with Crippen LogP contribution in [0.2, 0.25) is 0 Å². The number of phenols is 1. The highest BCUT2D eigenvalue weighted by atomic mass is 19.1. The number of fused-ring (bicyclic) bond motifs is 1. The lowest BCUT2D eigenvalue weighted by Crippen LogP contribution is -2.22. The highest BCUT2D eigenvalue weighted by molar-refractivity contribution is 6.11. The van der Waals surface area contributed by atoms with Crippen LogP contribution in [0.5, 0.6) is 5.75 Å². The average Bonchev–Trinajstić information content (AvgIpc) is 3.30. The van der Waals surface area contributed by atoms with Gasteiger partial charge >= 0.3 is 0 Å². The fraction of sp³-hybridized carbons (Fsp3) is 0.0667. The lowest BCUT2D eigenvalue weighted by atomic mass is 9.99. The third kappa shape index (κ3) is 4.92. The SMILES string of the molecule is CNC(=O)c1c(-c2ccc(F)cc2)oc2ccc(-c3cccc(C(=O)NCc4cccc(O)c4)c3)cc12. The fourth-order valence-electron chi connectivity index (χ4n) is 4.22. The van der Waals surface area contributed by atoms with E-state index < -0.39 is 0 Å². The van der Waals surface area contributed by atoms with Crippen LogP contribution in [0.1, 0.15) is 26.3 Å². The highest BCUT2D eigenvalue weighted by Gasteiger charge is 2.22. The van der Waals surface area contributed by atoms with Crippen LogP contribution in [-0.2, 0) is 6.54 Å². The van der Waals surface area contributed by atoms with Crippen LogP contribution in [0.15, 0.2) is 95.4 Å². The summed E-state index contributed by atoms with van der Waals surface area (Å²) in [4.78, 5) is 25.6. The Morgan fingerprint density at radius 2 is 1.57 bits per heavy atom. The predicted octanol–water partition coefficient (Wildman–Crippen LogP) is 5.90. The van der Waals surface area contributed by atoms with Gasteiger partial charge in [-0.1, -0.05) is 30.3 Å². The van der Waals surface area contributed by atoms with Gasteiger partial charge in [0.2, 0.25) is 0 Å². The number of furan rings is 1. The van der Waals surface area contributed by atoms with Crippen LogP contribution in [0.4, 0.5) is 4.39 Å². The molecule has 37 heavy (non-hydrogen) atoms. The Morgan fingerprint density at radius 3 is 2.32 bits per heavy atom. The Bertz CT molecular complexity index is 1620. The molecule has 0 bridgehead atoms. The summed E-state index contributed by atoms with van der Waals surface area (Å²) in [5.41, 5.74) is 4.30. The van der Waals surface area contributed by atoms with E-state index in [0.29, 0.717) is 33.4 Å². The smallest absolute Gasteiger partial charge is 0.255 e. The summed E-state index contributed by atoms with van der Waals surface area (Å²) in [6, 6.07) is 25.1. The lowest BCUT2D eigenvalue weighted by Gasteiger charge is -2.08. The Hall–Kier alpha value is -4.91. The van der Waals surface area contributed by atoms with Gasteiger partial charge in [0.15, 0.2) is 0 Å². The van der Waals surface area contributed by atoms with Crippen molar-refractivity contribution in [2.45, 2.75) is 6.54 Å². The zero-order valence-corrected chi connectivity index (χ0v) is 19.9. The molecule has 0 atom stereocenters. The van der Waals surface area contributed by atoms with Crippen LogP contribution in [0.3, 0.4) is 0 Å². The second kappa shape index (κ2) is 9.99. The number of benzene rings is 4. The summed E-state index contributed by atoms with van der Waals surface area (Å²) < 4.78 is 19.5. The Labute approximate surface area is 212 Å². The highest BCUT2D eigenvalue weighted by Crippen LogP contribution is 2.36. The molecular formula is C30H23FN2O4. The summed E-state index contributed by atoms with van der Waals surface area (Å²) in [6.07, 6.45) is 0. The second-order valence-corrected chi connectivity index (χ2v) is 8.54. The first-order chi connectivity index (χ1) is 17.9. The molecule has 0 saturated carbocycles. The number of nitrogens with one attached hydrogen (secondary N) is 2. The second-order valence-electron chi connectivity index (χ2n) is 8.54. The van der Waals surface area contributed by atoms with Gasteiger partial charge in [0.25, 0.3) is 11.8 Å². The van der Waals surface area contributed by atoms with Crippen molar-refractivity contribution in [3.63, 3.8) is 0 Å². The van der Waals surface area contributed by atoms with E-state index >= 15 is 0 Å². The topological polar surface area (TPSA) is 91.6 Å². The number of carbonyl (C=O) groups excluding carboxylic acids is 2. The maximum absolute atomic E-state index is 13.5. The number of aromatic hydroxyl groups is 1. The summed E-state index contributed by atoms with van der Waals surface area (Å²) in [5, 5.41) is 15.7. The number of halogens is 1. The summed E-state index contributed by atoms with van der Waals surface area (Å²) in [6.45, 7) is 0.278. The predicted molar refractivity (Wildman–Crippen MR) is 140 cm³/mol. The minimum atomic E-state index is -0.380. The first-order valence-electron chi connectivity index (χ1n) is 11.6. The van der Waals surface area contributed by atoms with Gasteiger partial charge < -0.3 is 20.2 Å². The molecule has 4 aromatic carbocycles. The number of hydrogen-bond donors (Lipinski definition) is 3. The molecule has 0 radical (unpaired) electrons. The molecule has 0 aliphatic carbocycles. The molecule has 0 fully saturated rings. The Balaban J connectivity index is 1.48. The van der Waals surface area contributed by atoms with E-state index in [-0.39, 0.29) is 29.9 Å². The van der Waals surface area contributed by atoms with E-state index in [1.165, 1.54) is 12.1 Å². The standard InChI is InChI=1S/C30H23FN2O4/c1-32-30(36)27-25-16-21(10-13-26(25)37-28(27)19-8-11-23(31)12-9-19)20-5-3-6-22(15-20)29(35)33-17-18-4-2-7-24(34)14-18/h2-16,34H,17H2,1H3,(H,32,36)(H,33,35). The van der Waals surface area contributed by atoms with E-state index in [1.807, 2.05) is 24.3 Å². The van der Waals surface area contributed by atoms with Gasteiger partial charge in [-0.15, -0.1) is 0 Å². The van der Waals surface area contributed by atoms with Gasteiger partial charge in [-0.2, -0.15) is 0 Å². The van der Waals surface area contributed by atoms with Crippen molar-refractivity contribution in [1.82, 2.24) is 10.6 Å². The Morgan fingerprint density at radius 1 is 0.838 bits per heavy atom. The van der Waals surface area contributed by atoms with Gasteiger partial charge in [0, 0.05) is 30.1 Å². The van der Waals surface area contributed by atoms with Gasteiger partial charge in [0.05, 0.1) is 5.56 Å². The zero-order chi connectivity index (χ0) is 25.9. The molecular weight excluding hydrogens is 471 g/mol. The average molecular weight is 495 g/mol. The molecule has 5 rings (SSSR count). The van der Waals surface area contributed by atoms with Crippen LogP contribution in [0.25, 0.3) is 33.4 Å². The molecule has 6 nitrogen and oxygen atoms in total. The molecule has 2 amide bonds. The largest absolute Gasteiger partial charge is 0.508 e. The first kappa shape index (κ1) is 23.8. The minimum absolute atomic E-state index is 0.141. The molecule has 0 aliphatic heterocycles. The first-order valence-corrected chi connectivity index (χ1v) is 11.6. The molecule has 0 unspecified atom stereocenters. The fourth-order valence-corrected chi connectivity index (χ4v) is 4.22. The van der Waals surface area contributed by atoms with Crippen molar-refractivity contribution < 1.29 is 23.5 Å². The van der Waals surface area contributed by atoms with E-state index in [4.69, 9.17) is 4.42 Å². The molecule has 1 aromatic heterocycles. The van der Waals surface area contributed by atoms with Gasteiger partial charge in [-0.05, 0) is 77.4 Å². The molecule has 5 aromatic rings. The van der Waals surface area contributed by atoms with Crippen molar-refractivity contribution >= 4 is 22.8 Å². The molecule has 0 aliphatic rings. The molecule has 7 heteroatoms. The van der Waals surface area contributed by atoms with Crippen LogP contribution >= 0.6 is 0 Å². The van der Waals surface area contributed by atoms with Gasteiger partial charge in [0.1, 0.15) is 22.9 Å². The maximum Gasteiger partial charge on any atom is 0.255 e. The van der Waals surface area contributed by atoms with Crippen molar-refractivity contribution in [3.8, 4) is 28.2 Å². The van der Waals surface area contributed by atoms with Crippen LogP contribution in [0, 0.1) is 5.82 Å². The van der Waals surface area contributed by atoms with Crippen LogP contribution in [-0.4, -0.2) is 24.0 Å². The molecule has 0 saturated heterocycles. The number of rotatable bonds is 6. The van der Waals surface area contributed by atoms with Crippen molar-refractivity contribution in [2.24, 2.45) is 0 Å². The summed E-state index contributed by atoms with van der Waals surface area (Å²) in [7, 11) is 1.54. The summed E-state index contributed by atoms with van der Waals surface area (Å²) >= 11 is 0. The van der Waals surface area contributed by atoms with Crippen LogP contribution < -0.4 is 10.6 Å². The third-order valence-corrected chi connectivity index (χ3v) is 6.07. The summed E-state index contributed by atoms with van der Waals surface area (Å²) in [5.74, 6) is -0.460. The van der Waals surface area contributed by atoms with E-state index in [0.717, 1.165) is 16.7 Å². The quantitative estimate of drug-likeness (QED) is 0.274. The van der Waals surface area contributed by atoms with Crippen molar-refractivity contribution in [2.75, 3.05) is 7.05 Å². The minimum Gasteiger partial charge on any atom is -0.508 e. The lowest BCUT2D eigenvalue weighted by molar-refractivity contribution is 0.0947. The number of phenolic OH excluding ortho intramolecular Hbond substituents is 1. The van der Waals surface area contributed by atoms with E-state index in [1.54, 1.807) is 61.6 Å². The van der Waals surface area contributed by atoms with Crippen molar-refractivity contribution in [1.29, 1.82) is 0 Å². The van der Waals surface area contributed by atoms with E-state index in [9.17, 15) is 19.1 Å². The Kier molecular flexibility index (Phi) is 6.43. The molecule has 0 spiro atoms. The number of carbonyl (C=O) groups is 2. The maximum atomic E-state index is 13.5. The van der Waals surface area contributed by atoms with Gasteiger partial charge in [-0.3, -0.25) is 9.59 Å². The molecule has 1 heterocycles. The molecule has 184 valence electrons. The van der Waals surface area contributed by atoms with Gasteiger partial charge in [-0.25, -0.2) is 4.39 Å². The van der Waals surface area contributed by atoms with Crippen molar-refractivity contribution in [3.05, 3.63) is 114 Å². The number of hydrogen-bond acceptors (Lipinski definition) is 4. The third-order valence-electron chi connectivity index (χ3n) is 6.07. The monoisotopic (exact) mass is 494 g/mol.